The van der Waals surface area contributed by atoms with E-state index in [1.165, 1.54) is 6.33 Å². The second-order valence-electron chi connectivity index (χ2n) is 3.55. The molecule has 0 amide bonds. The number of nitrogens with two attached hydrogens (primary N) is 1. The summed E-state index contributed by atoms with van der Waals surface area (Å²) in [6, 6.07) is 0.0321. The van der Waals surface area contributed by atoms with Crippen molar-refractivity contribution in [2.75, 3.05) is 11.9 Å². The Morgan fingerprint density at radius 1 is 1.53 bits per heavy atom. The lowest BCUT2D eigenvalue weighted by molar-refractivity contribution is 0.594. The average molecular weight is 212 g/mol. The lowest BCUT2D eigenvalue weighted by Crippen LogP contribution is -2.29. The zero-order chi connectivity index (χ0) is 11.3. The van der Waals surface area contributed by atoms with Crippen LogP contribution in [0.25, 0.3) is 0 Å². The molecule has 1 atom stereocenters. The Bertz CT molecular complexity index is 316. The van der Waals surface area contributed by atoms with Crippen molar-refractivity contribution in [2.24, 2.45) is 5.73 Å². The molecule has 1 aromatic rings. The lowest BCUT2D eigenvalue weighted by atomic mass is 10.2. The minimum Gasteiger partial charge on any atom is -0.366 e. The predicted molar refractivity (Wildman–Crippen MR) is 58.1 cm³/mol. The molecule has 0 radical (unpaired) electrons. The second-order valence-corrected chi connectivity index (χ2v) is 3.55. The molecule has 0 saturated carbocycles. The number of aromatic nitrogens is 2. The van der Waals surface area contributed by atoms with Gasteiger partial charge in [-0.3, -0.25) is 0 Å². The van der Waals surface area contributed by atoms with Crippen molar-refractivity contribution in [2.45, 2.75) is 32.7 Å². The number of hydrogen-bond acceptors (Lipinski definition) is 4. The SMILES string of the molecule is CCCC(N)CNc1ncnc(C)c1F. The van der Waals surface area contributed by atoms with Crippen molar-refractivity contribution >= 4 is 5.82 Å². The van der Waals surface area contributed by atoms with Crippen molar-refractivity contribution in [3.8, 4) is 0 Å². The van der Waals surface area contributed by atoms with Crippen LogP contribution in [0.2, 0.25) is 0 Å². The van der Waals surface area contributed by atoms with Crippen LogP contribution in [0.3, 0.4) is 0 Å². The van der Waals surface area contributed by atoms with E-state index in [0.717, 1.165) is 12.8 Å². The smallest absolute Gasteiger partial charge is 0.186 e. The van der Waals surface area contributed by atoms with Gasteiger partial charge in [0.05, 0.1) is 5.69 Å². The Labute approximate surface area is 89.1 Å². The first-order chi connectivity index (χ1) is 7.15. The lowest BCUT2D eigenvalue weighted by Gasteiger charge is -2.12. The summed E-state index contributed by atoms with van der Waals surface area (Å²) in [5, 5.41) is 2.89. The van der Waals surface area contributed by atoms with E-state index >= 15 is 0 Å². The summed E-state index contributed by atoms with van der Waals surface area (Å²) in [6.45, 7) is 4.20. The van der Waals surface area contributed by atoms with E-state index in [9.17, 15) is 4.39 Å². The topological polar surface area (TPSA) is 63.8 Å². The highest BCUT2D eigenvalue weighted by Crippen LogP contribution is 2.11. The summed E-state index contributed by atoms with van der Waals surface area (Å²) in [5.41, 5.74) is 6.14. The van der Waals surface area contributed by atoms with Crippen LogP contribution >= 0.6 is 0 Å². The van der Waals surface area contributed by atoms with Crippen LogP contribution in [0.1, 0.15) is 25.5 Å². The molecule has 15 heavy (non-hydrogen) atoms. The van der Waals surface area contributed by atoms with Gasteiger partial charge in [-0.1, -0.05) is 13.3 Å². The Kier molecular flexibility index (Phi) is 4.42. The molecular weight excluding hydrogens is 195 g/mol. The van der Waals surface area contributed by atoms with Crippen LogP contribution in [0.15, 0.2) is 6.33 Å². The van der Waals surface area contributed by atoms with Crippen LogP contribution < -0.4 is 11.1 Å². The van der Waals surface area contributed by atoms with Gasteiger partial charge in [-0.05, 0) is 13.3 Å². The van der Waals surface area contributed by atoms with Gasteiger partial charge in [0.1, 0.15) is 6.33 Å². The molecule has 0 aromatic carbocycles. The van der Waals surface area contributed by atoms with Crippen molar-refractivity contribution < 1.29 is 4.39 Å². The van der Waals surface area contributed by atoms with Gasteiger partial charge in [-0.15, -0.1) is 0 Å². The maximum Gasteiger partial charge on any atom is 0.186 e. The number of aryl methyl sites for hydroxylation is 1. The van der Waals surface area contributed by atoms with E-state index in [-0.39, 0.29) is 11.9 Å². The normalized spacial score (nSPS) is 12.5. The quantitative estimate of drug-likeness (QED) is 0.775. The third-order valence-electron chi connectivity index (χ3n) is 2.15. The molecule has 4 nitrogen and oxygen atoms in total. The number of nitrogens with one attached hydrogen (secondary N) is 1. The molecule has 0 bridgehead atoms. The number of hydrogen-bond donors (Lipinski definition) is 2. The van der Waals surface area contributed by atoms with E-state index in [1.54, 1.807) is 6.92 Å². The summed E-state index contributed by atoms with van der Waals surface area (Å²) >= 11 is 0. The van der Waals surface area contributed by atoms with Crippen molar-refractivity contribution in [3.63, 3.8) is 0 Å². The van der Waals surface area contributed by atoms with Gasteiger partial charge < -0.3 is 11.1 Å². The predicted octanol–water partition coefficient (Wildman–Crippen LogP) is 1.46. The molecule has 0 aliphatic rings. The Morgan fingerprint density at radius 2 is 2.27 bits per heavy atom. The molecule has 84 valence electrons. The minimum atomic E-state index is -0.402. The zero-order valence-corrected chi connectivity index (χ0v) is 9.13. The third kappa shape index (κ3) is 3.43. The molecule has 3 N–H and O–H groups in total. The average Bonchev–Trinajstić information content (AvgIpc) is 2.21. The van der Waals surface area contributed by atoms with Crippen LogP contribution in [0.4, 0.5) is 10.2 Å². The van der Waals surface area contributed by atoms with Gasteiger partial charge >= 0.3 is 0 Å². The maximum atomic E-state index is 13.4. The highest BCUT2D eigenvalue weighted by atomic mass is 19.1. The molecule has 0 aliphatic carbocycles. The Hall–Kier alpha value is -1.23. The summed E-state index contributed by atoms with van der Waals surface area (Å²) in [5.74, 6) is -0.171. The largest absolute Gasteiger partial charge is 0.366 e. The summed E-state index contributed by atoms with van der Waals surface area (Å²) < 4.78 is 13.4. The number of nitrogens with zero attached hydrogens (tertiary/aromatic N) is 2. The first kappa shape index (κ1) is 11.8. The number of halogens is 1. The molecule has 0 aliphatic heterocycles. The highest BCUT2D eigenvalue weighted by molar-refractivity contribution is 5.36. The molecule has 0 spiro atoms. The maximum absolute atomic E-state index is 13.4. The monoisotopic (exact) mass is 212 g/mol. The summed E-state index contributed by atoms with van der Waals surface area (Å²) in [6.07, 6.45) is 3.28. The van der Waals surface area contributed by atoms with Gasteiger partial charge in [0.2, 0.25) is 0 Å². The first-order valence-electron chi connectivity index (χ1n) is 5.11. The van der Waals surface area contributed by atoms with E-state index < -0.39 is 5.82 Å². The van der Waals surface area contributed by atoms with Gasteiger partial charge in [-0.25, -0.2) is 14.4 Å². The van der Waals surface area contributed by atoms with Gasteiger partial charge in [-0.2, -0.15) is 0 Å². The molecule has 1 heterocycles. The van der Waals surface area contributed by atoms with E-state index in [0.29, 0.717) is 12.2 Å². The fraction of sp³-hybridized carbons (Fsp3) is 0.600. The standard InChI is InChI=1S/C10H17FN4/c1-3-4-8(12)5-13-10-9(11)7(2)14-6-15-10/h6,8H,3-5,12H2,1-2H3,(H,13,14,15). The van der Waals surface area contributed by atoms with Crippen molar-refractivity contribution in [1.82, 2.24) is 9.97 Å². The third-order valence-corrected chi connectivity index (χ3v) is 2.15. The molecule has 1 rings (SSSR count). The van der Waals surface area contributed by atoms with Gasteiger partial charge in [0.25, 0.3) is 0 Å². The molecule has 0 saturated heterocycles. The minimum absolute atomic E-state index is 0.0321. The van der Waals surface area contributed by atoms with E-state index in [2.05, 4.69) is 22.2 Å². The second kappa shape index (κ2) is 5.60. The molecular formula is C10H17FN4. The Balaban J connectivity index is 2.54. The fourth-order valence-electron chi connectivity index (χ4n) is 1.28. The number of rotatable bonds is 5. The Morgan fingerprint density at radius 3 is 2.93 bits per heavy atom. The zero-order valence-electron chi connectivity index (χ0n) is 9.13. The van der Waals surface area contributed by atoms with Gasteiger partial charge in [0, 0.05) is 12.6 Å². The fourth-order valence-corrected chi connectivity index (χ4v) is 1.28. The molecule has 1 unspecified atom stereocenters. The van der Waals surface area contributed by atoms with E-state index in [1.807, 2.05) is 0 Å². The highest BCUT2D eigenvalue weighted by Gasteiger charge is 2.08. The molecule has 1 aromatic heterocycles. The summed E-state index contributed by atoms with van der Waals surface area (Å²) in [4.78, 5) is 7.56. The number of anilines is 1. The van der Waals surface area contributed by atoms with Crippen LogP contribution in [0.5, 0.6) is 0 Å². The molecule has 5 heteroatoms. The van der Waals surface area contributed by atoms with Crippen LogP contribution in [0, 0.1) is 12.7 Å². The van der Waals surface area contributed by atoms with Crippen molar-refractivity contribution in [1.29, 1.82) is 0 Å². The van der Waals surface area contributed by atoms with Gasteiger partial charge in [0.15, 0.2) is 11.6 Å². The van der Waals surface area contributed by atoms with Crippen molar-refractivity contribution in [3.05, 3.63) is 17.8 Å². The van der Waals surface area contributed by atoms with Crippen LogP contribution in [-0.4, -0.2) is 22.6 Å². The molecule has 0 fully saturated rings. The first-order valence-corrected chi connectivity index (χ1v) is 5.11. The van der Waals surface area contributed by atoms with Crippen LogP contribution in [-0.2, 0) is 0 Å². The van der Waals surface area contributed by atoms with E-state index in [4.69, 9.17) is 5.73 Å². The summed E-state index contributed by atoms with van der Waals surface area (Å²) in [7, 11) is 0.